The van der Waals surface area contributed by atoms with Crippen molar-refractivity contribution in [3.8, 4) is 0 Å². The molecule has 0 fully saturated rings. The van der Waals surface area contributed by atoms with Crippen LogP contribution in [0.2, 0.25) is 0 Å². The van der Waals surface area contributed by atoms with E-state index in [1.807, 2.05) is 33.0 Å². The molecule has 24 heavy (non-hydrogen) atoms. The molecule has 0 saturated carbocycles. The minimum atomic E-state index is 0.872. The van der Waals surface area contributed by atoms with E-state index in [4.69, 9.17) is 0 Å². The van der Waals surface area contributed by atoms with Crippen LogP contribution in [0.4, 0.5) is 11.4 Å². The first kappa shape index (κ1) is 20.7. The Morgan fingerprint density at radius 2 is 1.38 bits per heavy atom. The van der Waals surface area contributed by atoms with Crippen molar-refractivity contribution in [3.05, 3.63) is 56.5 Å². The molecule has 0 aromatic heterocycles. The fourth-order valence-electron chi connectivity index (χ4n) is 2.31. The lowest BCUT2D eigenvalue weighted by atomic mass is 9.96. The third-order valence-corrected chi connectivity index (χ3v) is 4.09. The minimum Gasteiger partial charge on any atom is -0.386 e. The number of halogens is 2. The molecule has 0 amide bonds. The van der Waals surface area contributed by atoms with Gasteiger partial charge in [-0.2, -0.15) is 0 Å². The van der Waals surface area contributed by atoms with Crippen LogP contribution < -0.4 is 5.32 Å². The lowest BCUT2D eigenvalue weighted by Gasteiger charge is -2.16. The summed E-state index contributed by atoms with van der Waals surface area (Å²) in [4.78, 5) is 4.29. The van der Waals surface area contributed by atoms with Crippen LogP contribution in [-0.4, -0.2) is 13.8 Å². The second-order valence-electron chi connectivity index (χ2n) is 5.50. The molecule has 1 aromatic rings. The van der Waals surface area contributed by atoms with Crippen LogP contribution in [0, 0.1) is 0 Å². The van der Waals surface area contributed by atoms with E-state index < -0.39 is 0 Å². The number of aliphatic imine (C=N–C) groups is 1. The molecule has 0 aliphatic heterocycles. The Balaban J connectivity index is 3.53. The molecule has 0 spiro atoms. The molecule has 0 radical (unpaired) electrons. The molecular formula is C20H24Br2N2. The maximum Gasteiger partial charge on any atom is 0.0934 e. The molecule has 4 heteroatoms. The standard InChI is InChI=1S/C20H24Br2N2/c1-13(7-9-15(3)21)17-11-12-18(14(2)8-10-16(4)22)20(24-6)19(17)23-5/h7-12,24H,5H2,1-4,6H3/b13-7?,14-8?,15-9?,16-10+. The Kier molecular flexibility index (Phi) is 8.43. The van der Waals surface area contributed by atoms with Gasteiger partial charge in [0.2, 0.25) is 0 Å². The molecule has 0 atom stereocenters. The number of allylic oxidation sites excluding steroid dienone is 8. The molecule has 0 bridgehead atoms. The van der Waals surface area contributed by atoms with Gasteiger partial charge >= 0.3 is 0 Å². The van der Waals surface area contributed by atoms with Crippen LogP contribution in [0.1, 0.15) is 38.8 Å². The molecule has 0 saturated heterocycles. The number of nitrogens with one attached hydrogen (secondary N) is 1. The largest absolute Gasteiger partial charge is 0.386 e. The lowest BCUT2D eigenvalue weighted by Crippen LogP contribution is -1.97. The zero-order chi connectivity index (χ0) is 18.3. The van der Waals surface area contributed by atoms with E-state index in [0.717, 1.165) is 42.6 Å². The third kappa shape index (κ3) is 5.60. The summed E-state index contributed by atoms with van der Waals surface area (Å²) in [7, 11) is 1.91. The Morgan fingerprint density at radius 3 is 1.79 bits per heavy atom. The average molecular weight is 452 g/mol. The number of hydrogen-bond donors (Lipinski definition) is 1. The van der Waals surface area contributed by atoms with Crippen molar-refractivity contribution in [2.24, 2.45) is 4.99 Å². The highest BCUT2D eigenvalue weighted by molar-refractivity contribution is 9.12. The average Bonchev–Trinajstić information content (AvgIpc) is 2.55. The lowest BCUT2D eigenvalue weighted by molar-refractivity contribution is 1.40. The monoisotopic (exact) mass is 450 g/mol. The summed E-state index contributed by atoms with van der Waals surface area (Å²) in [6, 6.07) is 4.23. The van der Waals surface area contributed by atoms with Gasteiger partial charge in [0.1, 0.15) is 0 Å². The smallest absolute Gasteiger partial charge is 0.0934 e. The minimum absolute atomic E-state index is 0.872. The number of benzene rings is 1. The summed E-state index contributed by atoms with van der Waals surface area (Å²) in [6.45, 7) is 12.0. The van der Waals surface area contributed by atoms with Crippen molar-refractivity contribution in [1.29, 1.82) is 0 Å². The van der Waals surface area contributed by atoms with Crippen LogP contribution in [0.3, 0.4) is 0 Å². The quantitative estimate of drug-likeness (QED) is 0.352. The summed E-state index contributed by atoms with van der Waals surface area (Å²) >= 11 is 6.90. The van der Waals surface area contributed by atoms with E-state index in [1.54, 1.807) is 0 Å². The van der Waals surface area contributed by atoms with Crippen molar-refractivity contribution in [2.45, 2.75) is 27.7 Å². The molecule has 1 rings (SSSR count). The molecule has 1 N–H and O–H groups in total. The molecular weight excluding hydrogens is 428 g/mol. The maximum atomic E-state index is 4.29. The van der Waals surface area contributed by atoms with Crippen LogP contribution in [0.15, 0.2) is 50.4 Å². The summed E-state index contributed by atoms with van der Waals surface area (Å²) < 4.78 is 2.17. The predicted molar refractivity (Wildman–Crippen MR) is 118 cm³/mol. The first-order chi connectivity index (χ1) is 11.3. The van der Waals surface area contributed by atoms with E-state index in [-0.39, 0.29) is 0 Å². The van der Waals surface area contributed by atoms with Gasteiger partial charge in [-0.15, -0.1) is 0 Å². The van der Waals surface area contributed by atoms with E-state index in [1.165, 1.54) is 0 Å². The number of nitrogens with zero attached hydrogens (tertiary/aromatic N) is 1. The van der Waals surface area contributed by atoms with E-state index in [2.05, 4.69) is 87.0 Å². The van der Waals surface area contributed by atoms with Gasteiger partial charge < -0.3 is 5.32 Å². The number of rotatable bonds is 6. The van der Waals surface area contributed by atoms with E-state index in [9.17, 15) is 0 Å². The van der Waals surface area contributed by atoms with E-state index in [0.29, 0.717) is 0 Å². The van der Waals surface area contributed by atoms with Crippen LogP contribution in [0.5, 0.6) is 0 Å². The zero-order valence-electron chi connectivity index (χ0n) is 14.9. The van der Waals surface area contributed by atoms with E-state index >= 15 is 0 Å². The molecule has 0 heterocycles. The Morgan fingerprint density at radius 1 is 0.917 bits per heavy atom. The molecule has 0 unspecified atom stereocenters. The summed E-state index contributed by atoms with van der Waals surface area (Å²) in [5.74, 6) is 0. The topological polar surface area (TPSA) is 24.4 Å². The highest BCUT2D eigenvalue weighted by atomic mass is 79.9. The molecule has 1 aromatic carbocycles. The van der Waals surface area contributed by atoms with Gasteiger partial charge in [-0.25, -0.2) is 0 Å². The number of anilines is 1. The maximum absolute atomic E-state index is 4.29. The van der Waals surface area contributed by atoms with Crippen molar-refractivity contribution in [3.63, 3.8) is 0 Å². The zero-order valence-corrected chi connectivity index (χ0v) is 18.0. The van der Waals surface area contributed by atoms with Gasteiger partial charge in [0, 0.05) is 18.2 Å². The van der Waals surface area contributed by atoms with Gasteiger partial charge in [0.05, 0.1) is 11.4 Å². The molecule has 2 nitrogen and oxygen atoms in total. The summed E-state index contributed by atoms with van der Waals surface area (Å²) in [6.07, 6.45) is 8.24. The second kappa shape index (κ2) is 9.80. The van der Waals surface area contributed by atoms with Gasteiger partial charge in [0.25, 0.3) is 0 Å². The SMILES string of the molecule is C=Nc1c(C(C)=CC=C(C)Br)ccc(C(C)=C/C=C(\C)Br)c1NC. The van der Waals surface area contributed by atoms with Crippen molar-refractivity contribution < 1.29 is 0 Å². The Labute approximate surface area is 162 Å². The summed E-state index contributed by atoms with van der Waals surface area (Å²) in [5, 5.41) is 3.28. The van der Waals surface area contributed by atoms with Gasteiger partial charge in [-0.1, -0.05) is 68.3 Å². The molecule has 0 aliphatic rings. The highest BCUT2D eigenvalue weighted by Gasteiger charge is 2.13. The van der Waals surface area contributed by atoms with Crippen LogP contribution >= 0.6 is 31.9 Å². The van der Waals surface area contributed by atoms with Gasteiger partial charge in [0.15, 0.2) is 0 Å². The van der Waals surface area contributed by atoms with Crippen molar-refractivity contribution in [2.75, 3.05) is 12.4 Å². The highest BCUT2D eigenvalue weighted by Crippen LogP contribution is 2.39. The fraction of sp³-hybridized carbons (Fsp3) is 0.250. The molecule has 0 aliphatic carbocycles. The van der Waals surface area contributed by atoms with Crippen molar-refractivity contribution in [1.82, 2.24) is 0 Å². The van der Waals surface area contributed by atoms with Crippen LogP contribution in [0.25, 0.3) is 11.1 Å². The fourth-order valence-corrected chi connectivity index (χ4v) is 2.58. The predicted octanol–water partition coefficient (Wildman–Crippen LogP) is 7.46. The second-order valence-corrected chi connectivity index (χ2v) is 8.00. The van der Waals surface area contributed by atoms with Gasteiger partial charge in [-0.05, 0) is 54.5 Å². The number of hydrogen-bond acceptors (Lipinski definition) is 2. The normalized spacial score (nSPS) is 14.0. The summed E-state index contributed by atoms with van der Waals surface area (Å²) in [5.41, 5.74) is 6.35. The third-order valence-electron chi connectivity index (χ3n) is 3.56. The first-order valence-corrected chi connectivity index (χ1v) is 9.24. The van der Waals surface area contributed by atoms with Gasteiger partial charge in [-0.3, -0.25) is 4.99 Å². The first-order valence-electron chi connectivity index (χ1n) is 7.65. The molecule has 128 valence electrons. The van der Waals surface area contributed by atoms with Crippen LogP contribution in [-0.2, 0) is 0 Å². The Bertz CT molecular complexity index is 730. The van der Waals surface area contributed by atoms with Crippen molar-refractivity contribution >= 4 is 61.1 Å². The Hall–Kier alpha value is -1.39.